The van der Waals surface area contributed by atoms with E-state index in [0.717, 1.165) is 0 Å². The summed E-state index contributed by atoms with van der Waals surface area (Å²) < 4.78 is 4.50. The molecule has 15 heavy (non-hydrogen) atoms. The SMILES string of the molecule is CCNC(=O)c1ccnc(C(=O)OC)c1. The summed E-state index contributed by atoms with van der Waals surface area (Å²) in [6, 6.07) is 2.94. The topological polar surface area (TPSA) is 68.3 Å². The maximum Gasteiger partial charge on any atom is 0.356 e. The van der Waals surface area contributed by atoms with Gasteiger partial charge >= 0.3 is 5.97 Å². The van der Waals surface area contributed by atoms with Gasteiger partial charge in [0.1, 0.15) is 5.69 Å². The molecule has 0 aliphatic rings. The van der Waals surface area contributed by atoms with Crippen molar-refractivity contribution in [2.45, 2.75) is 6.92 Å². The Morgan fingerprint density at radius 2 is 2.27 bits per heavy atom. The number of methoxy groups -OCH3 is 1. The lowest BCUT2D eigenvalue weighted by atomic mass is 10.2. The fraction of sp³-hybridized carbons (Fsp3) is 0.300. The van der Waals surface area contributed by atoms with Gasteiger partial charge in [0.2, 0.25) is 0 Å². The van der Waals surface area contributed by atoms with Gasteiger partial charge < -0.3 is 10.1 Å². The molecule has 0 fully saturated rings. The second-order valence-electron chi connectivity index (χ2n) is 2.78. The van der Waals surface area contributed by atoms with Crippen LogP contribution < -0.4 is 5.32 Å². The molecule has 0 spiro atoms. The van der Waals surface area contributed by atoms with Gasteiger partial charge in [-0.25, -0.2) is 9.78 Å². The van der Waals surface area contributed by atoms with Gasteiger partial charge in [-0.1, -0.05) is 0 Å². The Morgan fingerprint density at radius 3 is 2.87 bits per heavy atom. The maximum atomic E-state index is 11.4. The van der Waals surface area contributed by atoms with Crippen LogP contribution >= 0.6 is 0 Å². The third-order valence-corrected chi connectivity index (χ3v) is 1.75. The highest BCUT2D eigenvalue weighted by atomic mass is 16.5. The number of nitrogens with one attached hydrogen (secondary N) is 1. The first kappa shape index (κ1) is 11.2. The Kier molecular flexibility index (Phi) is 3.79. The van der Waals surface area contributed by atoms with Crippen molar-refractivity contribution in [1.29, 1.82) is 0 Å². The van der Waals surface area contributed by atoms with Gasteiger partial charge in [0.15, 0.2) is 0 Å². The first-order valence-electron chi connectivity index (χ1n) is 4.51. The van der Waals surface area contributed by atoms with Gasteiger partial charge in [-0.05, 0) is 19.1 Å². The average Bonchev–Trinajstić information content (AvgIpc) is 2.28. The second-order valence-corrected chi connectivity index (χ2v) is 2.78. The molecule has 0 atom stereocenters. The van der Waals surface area contributed by atoms with Crippen LogP contribution in [0.2, 0.25) is 0 Å². The largest absolute Gasteiger partial charge is 0.464 e. The van der Waals surface area contributed by atoms with E-state index in [0.29, 0.717) is 12.1 Å². The number of carbonyl (C=O) groups is 2. The van der Waals surface area contributed by atoms with Crippen molar-refractivity contribution in [2.24, 2.45) is 0 Å². The molecule has 0 saturated heterocycles. The van der Waals surface area contributed by atoms with Gasteiger partial charge in [-0.2, -0.15) is 0 Å². The van der Waals surface area contributed by atoms with Crippen molar-refractivity contribution in [3.63, 3.8) is 0 Å². The van der Waals surface area contributed by atoms with E-state index >= 15 is 0 Å². The third kappa shape index (κ3) is 2.77. The highest BCUT2D eigenvalue weighted by Gasteiger charge is 2.10. The van der Waals surface area contributed by atoms with Crippen LogP contribution in [-0.2, 0) is 4.74 Å². The number of hydrogen-bond acceptors (Lipinski definition) is 4. The van der Waals surface area contributed by atoms with Crippen LogP contribution in [0.3, 0.4) is 0 Å². The van der Waals surface area contributed by atoms with Crippen LogP contribution in [0.25, 0.3) is 0 Å². The summed E-state index contributed by atoms with van der Waals surface area (Å²) in [5, 5.41) is 2.63. The van der Waals surface area contributed by atoms with E-state index in [4.69, 9.17) is 0 Å². The number of aromatic nitrogens is 1. The Balaban J connectivity index is 2.92. The molecular weight excluding hydrogens is 196 g/mol. The minimum Gasteiger partial charge on any atom is -0.464 e. The molecular formula is C10H12N2O3. The number of nitrogens with zero attached hydrogens (tertiary/aromatic N) is 1. The quantitative estimate of drug-likeness (QED) is 0.739. The molecule has 0 bridgehead atoms. The fourth-order valence-corrected chi connectivity index (χ4v) is 1.05. The zero-order valence-electron chi connectivity index (χ0n) is 8.61. The Morgan fingerprint density at radius 1 is 1.53 bits per heavy atom. The van der Waals surface area contributed by atoms with E-state index in [1.165, 1.54) is 25.4 Å². The minimum absolute atomic E-state index is 0.126. The van der Waals surface area contributed by atoms with Crippen LogP contribution in [-0.4, -0.2) is 30.5 Å². The smallest absolute Gasteiger partial charge is 0.356 e. The number of hydrogen-bond donors (Lipinski definition) is 1. The number of pyridine rings is 1. The summed E-state index contributed by atoms with van der Waals surface area (Å²) in [5.74, 6) is -0.786. The summed E-state index contributed by atoms with van der Waals surface area (Å²) in [6.45, 7) is 2.36. The van der Waals surface area contributed by atoms with Crippen molar-refractivity contribution in [1.82, 2.24) is 10.3 Å². The lowest BCUT2D eigenvalue weighted by Gasteiger charge is -2.03. The van der Waals surface area contributed by atoms with E-state index in [9.17, 15) is 9.59 Å². The molecule has 1 rings (SSSR count). The van der Waals surface area contributed by atoms with Gasteiger partial charge in [0.05, 0.1) is 7.11 Å². The molecule has 0 aromatic carbocycles. The highest BCUT2D eigenvalue weighted by Crippen LogP contribution is 2.03. The monoisotopic (exact) mass is 208 g/mol. The molecule has 5 heteroatoms. The first-order chi connectivity index (χ1) is 7.19. The number of rotatable bonds is 3. The average molecular weight is 208 g/mol. The Labute approximate surface area is 87.5 Å². The normalized spacial score (nSPS) is 9.47. The summed E-state index contributed by atoms with van der Waals surface area (Å²) >= 11 is 0. The van der Waals surface area contributed by atoms with Gasteiger partial charge in [0, 0.05) is 18.3 Å². The molecule has 0 saturated carbocycles. The Hall–Kier alpha value is -1.91. The molecule has 0 unspecified atom stereocenters. The minimum atomic E-state index is -0.554. The number of amides is 1. The van der Waals surface area contributed by atoms with Crippen molar-refractivity contribution in [3.8, 4) is 0 Å². The molecule has 0 radical (unpaired) electrons. The van der Waals surface area contributed by atoms with Crippen LogP contribution in [0.4, 0.5) is 0 Å². The Bertz CT molecular complexity index is 377. The highest BCUT2D eigenvalue weighted by molar-refractivity contribution is 5.96. The number of carbonyl (C=O) groups excluding carboxylic acids is 2. The number of esters is 1. The first-order valence-corrected chi connectivity index (χ1v) is 4.51. The van der Waals surface area contributed by atoms with E-state index < -0.39 is 5.97 Å². The number of ether oxygens (including phenoxy) is 1. The van der Waals surface area contributed by atoms with Crippen molar-refractivity contribution >= 4 is 11.9 Å². The molecule has 80 valence electrons. The second kappa shape index (κ2) is 5.09. The predicted octanol–water partition coefficient (Wildman–Crippen LogP) is 0.618. The molecule has 1 aromatic heterocycles. The zero-order chi connectivity index (χ0) is 11.3. The summed E-state index contributed by atoms with van der Waals surface area (Å²) in [5.41, 5.74) is 0.522. The van der Waals surface area contributed by atoms with Crippen LogP contribution in [0.1, 0.15) is 27.8 Å². The van der Waals surface area contributed by atoms with Gasteiger partial charge in [-0.3, -0.25) is 4.79 Å². The van der Waals surface area contributed by atoms with E-state index in [-0.39, 0.29) is 11.6 Å². The summed E-state index contributed by atoms with van der Waals surface area (Å²) in [6.07, 6.45) is 1.40. The van der Waals surface area contributed by atoms with Crippen molar-refractivity contribution < 1.29 is 14.3 Å². The summed E-state index contributed by atoms with van der Waals surface area (Å²) in [7, 11) is 1.27. The maximum absolute atomic E-state index is 11.4. The third-order valence-electron chi connectivity index (χ3n) is 1.75. The molecule has 1 aromatic rings. The molecule has 1 amide bonds. The lowest BCUT2D eigenvalue weighted by molar-refractivity contribution is 0.0594. The van der Waals surface area contributed by atoms with E-state index in [1.54, 1.807) is 0 Å². The zero-order valence-corrected chi connectivity index (χ0v) is 8.61. The van der Waals surface area contributed by atoms with E-state index in [1.807, 2.05) is 6.92 Å². The van der Waals surface area contributed by atoms with Crippen LogP contribution in [0.15, 0.2) is 18.3 Å². The van der Waals surface area contributed by atoms with Gasteiger partial charge in [0.25, 0.3) is 5.91 Å². The molecule has 5 nitrogen and oxygen atoms in total. The lowest BCUT2D eigenvalue weighted by Crippen LogP contribution is -2.23. The van der Waals surface area contributed by atoms with Crippen molar-refractivity contribution in [3.05, 3.63) is 29.6 Å². The molecule has 1 N–H and O–H groups in total. The summed E-state index contributed by atoms with van der Waals surface area (Å²) in [4.78, 5) is 26.3. The van der Waals surface area contributed by atoms with Gasteiger partial charge in [-0.15, -0.1) is 0 Å². The fourth-order valence-electron chi connectivity index (χ4n) is 1.05. The van der Waals surface area contributed by atoms with Crippen molar-refractivity contribution in [2.75, 3.05) is 13.7 Å². The molecule has 0 aliphatic carbocycles. The van der Waals surface area contributed by atoms with E-state index in [2.05, 4.69) is 15.0 Å². The molecule has 0 aliphatic heterocycles. The predicted molar refractivity (Wildman–Crippen MR) is 53.6 cm³/mol. The van der Waals surface area contributed by atoms with Crippen LogP contribution in [0, 0.1) is 0 Å². The standard InChI is InChI=1S/C10H12N2O3/c1-3-11-9(13)7-4-5-12-8(6-7)10(14)15-2/h4-6H,3H2,1-2H3,(H,11,13). The van der Waals surface area contributed by atoms with Crippen LogP contribution in [0.5, 0.6) is 0 Å². The molecule has 1 heterocycles.